The molecule has 1 aromatic heterocycles. The number of carbonyl (C=O) groups excluding carboxylic acids is 1. The number of rotatable bonds is 4. The van der Waals surface area contributed by atoms with Crippen LogP contribution in [0.25, 0.3) is 11.5 Å². The minimum absolute atomic E-state index is 0.0506. The molecule has 0 spiro atoms. The molecule has 0 saturated carbocycles. The van der Waals surface area contributed by atoms with Crippen LogP contribution in [0.4, 0.5) is 0 Å². The van der Waals surface area contributed by atoms with Gasteiger partial charge in [-0.2, -0.15) is 4.57 Å². The largest absolute Gasteiger partial charge is 0.476 e. The van der Waals surface area contributed by atoms with E-state index in [0.29, 0.717) is 5.56 Å². The molecule has 3 aromatic rings. The third-order valence-electron chi connectivity index (χ3n) is 3.83. The highest BCUT2D eigenvalue weighted by molar-refractivity contribution is 7.90. The molecule has 1 heterocycles. The normalized spacial score (nSPS) is 11.3. The van der Waals surface area contributed by atoms with Gasteiger partial charge in [0.25, 0.3) is 10.0 Å². The zero-order valence-corrected chi connectivity index (χ0v) is 14.9. The number of hydrogen-bond acceptors (Lipinski definition) is 5. The average Bonchev–Trinajstić information content (AvgIpc) is 2.90. The van der Waals surface area contributed by atoms with Crippen LogP contribution in [0.5, 0.6) is 5.95 Å². The summed E-state index contributed by atoms with van der Waals surface area (Å²) >= 11 is 0. The maximum Gasteiger partial charge on any atom is 0.383 e. The highest BCUT2D eigenvalue weighted by Gasteiger charge is 2.35. The molecule has 0 fully saturated rings. The quantitative estimate of drug-likeness (QED) is 0.681. The molecule has 0 aliphatic rings. The lowest BCUT2D eigenvalue weighted by atomic mass is 10.2. The third kappa shape index (κ3) is 3.31. The molecule has 7 nitrogen and oxygen atoms in total. The van der Waals surface area contributed by atoms with Gasteiger partial charge >= 0.3 is 23.4 Å². The summed E-state index contributed by atoms with van der Waals surface area (Å²) in [5.74, 6) is -1.43. The van der Waals surface area contributed by atoms with Crippen molar-refractivity contribution in [2.45, 2.75) is 11.8 Å². The van der Waals surface area contributed by atoms with Crippen molar-refractivity contribution in [3.8, 4) is 17.4 Å². The third-order valence-corrected chi connectivity index (χ3v) is 5.18. The molecule has 26 heavy (non-hydrogen) atoms. The van der Waals surface area contributed by atoms with Crippen molar-refractivity contribution < 1.29 is 27.3 Å². The fourth-order valence-electron chi connectivity index (χ4n) is 2.48. The van der Waals surface area contributed by atoms with E-state index >= 15 is 0 Å². The number of amides is 1. The number of nitrogens with one attached hydrogen (secondary N) is 1. The summed E-state index contributed by atoms with van der Waals surface area (Å²) in [6, 6.07) is 14.9. The first kappa shape index (κ1) is 17.7. The van der Waals surface area contributed by atoms with Crippen LogP contribution in [0.1, 0.15) is 16.1 Å². The molecular weight excluding hydrogens is 356 g/mol. The first-order valence-electron chi connectivity index (χ1n) is 7.70. The predicted molar refractivity (Wildman–Crippen MR) is 92.8 cm³/mol. The monoisotopic (exact) mass is 373 g/mol. The molecule has 0 unspecified atom stereocenters. The van der Waals surface area contributed by atoms with Gasteiger partial charge in [0.1, 0.15) is 7.05 Å². The lowest BCUT2D eigenvalue weighted by Gasteiger charge is -2.05. The molecule has 0 atom stereocenters. The summed E-state index contributed by atoms with van der Waals surface area (Å²) in [5, 5.41) is 10.0. The van der Waals surface area contributed by atoms with Gasteiger partial charge in [0.05, 0.1) is 10.5 Å². The number of nitrogens with zero attached hydrogens (tertiary/aromatic N) is 1. The van der Waals surface area contributed by atoms with Crippen LogP contribution in [0, 0.1) is 6.92 Å². The summed E-state index contributed by atoms with van der Waals surface area (Å²) in [5.41, 5.74) is 1.23. The molecule has 134 valence electrons. The molecule has 8 heteroatoms. The van der Waals surface area contributed by atoms with E-state index in [2.05, 4.69) is 0 Å². The maximum absolute atomic E-state index is 12.5. The van der Waals surface area contributed by atoms with Crippen LogP contribution in [-0.4, -0.2) is 19.4 Å². The van der Waals surface area contributed by atoms with Crippen molar-refractivity contribution >= 4 is 15.9 Å². The Balaban J connectivity index is 1.93. The van der Waals surface area contributed by atoms with Gasteiger partial charge in [-0.05, 0) is 31.2 Å². The van der Waals surface area contributed by atoms with E-state index in [0.717, 1.165) is 5.56 Å². The fraction of sp³-hybridized carbons (Fsp3) is 0.111. The lowest BCUT2D eigenvalue weighted by molar-refractivity contribution is -0.664. The zero-order chi connectivity index (χ0) is 18.9. The highest BCUT2D eigenvalue weighted by Crippen LogP contribution is 2.24. The molecule has 0 bridgehead atoms. The van der Waals surface area contributed by atoms with Gasteiger partial charge in [0, 0.05) is 0 Å². The molecule has 0 aliphatic carbocycles. The summed E-state index contributed by atoms with van der Waals surface area (Å²) in [4.78, 5) is 12.4. The van der Waals surface area contributed by atoms with Crippen molar-refractivity contribution in [2.75, 3.05) is 0 Å². The summed E-state index contributed by atoms with van der Waals surface area (Å²) in [6.45, 7) is 1.82. The van der Waals surface area contributed by atoms with Gasteiger partial charge in [0.15, 0.2) is 0 Å². The topological polar surface area (TPSA) is 100 Å². The molecule has 3 rings (SSSR count). The van der Waals surface area contributed by atoms with Crippen LogP contribution in [0.15, 0.2) is 63.9 Å². The van der Waals surface area contributed by atoms with Crippen LogP contribution < -0.4 is 9.29 Å². The molecule has 1 amide bonds. The summed E-state index contributed by atoms with van der Waals surface area (Å²) in [7, 11) is -2.58. The van der Waals surface area contributed by atoms with Crippen LogP contribution >= 0.6 is 0 Å². The zero-order valence-electron chi connectivity index (χ0n) is 14.1. The molecule has 2 N–H and O–H groups in total. The Hall–Kier alpha value is -3.13. The number of sulfonamides is 1. The average molecular weight is 373 g/mol. The molecule has 0 aliphatic heterocycles. The Morgan fingerprint density at radius 1 is 1.08 bits per heavy atom. The van der Waals surface area contributed by atoms with Crippen molar-refractivity contribution in [1.82, 2.24) is 4.72 Å². The van der Waals surface area contributed by atoms with E-state index in [9.17, 15) is 18.3 Å². The smallest absolute Gasteiger partial charge is 0.383 e. The summed E-state index contributed by atoms with van der Waals surface area (Å²) in [6.07, 6.45) is 0. The Morgan fingerprint density at radius 3 is 2.31 bits per heavy atom. The molecule has 0 saturated heterocycles. The van der Waals surface area contributed by atoms with Crippen molar-refractivity contribution in [3.05, 3.63) is 65.9 Å². The van der Waals surface area contributed by atoms with Gasteiger partial charge < -0.3 is 9.52 Å². The van der Waals surface area contributed by atoms with E-state index in [-0.39, 0.29) is 16.5 Å². The Bertz CT molecular complexity index is 1050. The van der Waals surface area contributed by atoms with Crippen molar-refractivity contribution in [1.29, 1.82) is 0 Å². The maximum atomic E-state index is 12.5. The van der Waals surface area contributed by atoms with Gasteiger partial charge in [0.2, 0.25) is 0 Å². The number of aromatic hydroxyl groups is 1. The number of benzene rings is 2. The number of oxazole rings is 1. The van der Waals surface area contributed by atoms with Gasteiger partial charge in [-0.3, -0.25) is 4.79 Å². The second-order valence-electron chi connectivity index (χ2n) is 5.73. The number of aromatic nitrogens is 1. The molecular formula is C18H17N2O5S+. The Morgan fingerprint density at radius 2 is 1.69 bits per heavy atom. The molecule has 0 radical (unpaired) electrons. The Labute approximate surface area is 150 Å². The van der Waals surface area contributed by atoms with Crippen LogP contribution in [-0.2, 0) is 17.1 Å². The minimum atomic E-state index is -4.08. The number of carbonyl (C=O) groups is 1. The Kier molecular flexibility index (Phi) is 4.52. The second-order valence-corrected chi connectivity index (χ2v) is 7.42. The minimum Gasteiger partial charge on any atom is -0.476 e. The van der Waals surface area contributed by atoms with Crippen LogP contribution in [0.2, 0.25) is 0 Å². The van der Waals surface area contributed by atoms with E-state index in [4.69, 9.17) is 4.42 Å². The first-order valence-corrected chi connectivity index (χ1v) is 9.19. The SMILES string of the molecule is Cc1ccc(S(=O)(=O)NC(=O)c2c(O)oc(-c3ccccc3)[n+]2C)cc1. The molecule has 2 aromatic carbocycles. The predicted octanol–water partition coefficient (Wildman–Crippen LogP) is 1.90. The number of hydrogen-bond donors (Lipinski definition) is 2. The fourth-order valence-corrected chi connectivity index (χ4v) is 3.44. The lowest BCUT2D eigenvalue weighted by Crippen LogP contribution is -2.41. The van der Waals surface area contributed by atoms with E-state index in [1.807, 2.05) is 17.7 Å². The summed E-state index contributed by atoms with van der Waals surface area (Å²) < 4.78 is 33.2. The van der Waals surface area contributed by atoms with E-state index in [1.54, 1.807) is 36.4 Å². The van der Waals surface area contributed by atoms with Gasteiger partial charge in [-0.25, -0.2) is 13.1 Å². The second kappa shape index (κ2) is 6.64. The van der Waals surface area contributed by atoms with Gasteiger partial charge in [-0.15, -0.1) is 0 Å². The van der Waals surface area contributed by atoms with Crippen molar-refractivity contribution in [3.63, 3.8) is 0 Å². The standard InChI is InChI=1S/C18H16N2O5S/c1-12-8-10-14(11-9-12)26(23,24)19-16(21)15-18(22)25-17(20(15)2)13-6-4-3-5-7-13/h3-11H,1-2H3,(H-,19,21,22)/p+1. The first-order chi connectivity index (χ1) is 12.3. The van der Waals surface area contributed by atoms with Crippen molar-refractivity contribution in [2.24, 2.45) is 7.05 Å². The van der Waals surface area contributed by atoms with Crippen LogP contribution in [0.3, 0.4) is 0 Å². The van der Waals surface area contributed by atoms with E-state index in [1.165, 1.54) is 23.7 Å². The number of aryl methyl sites for hydroxylation is 1. The highest BCUT2D eigenvalue weighted by atomic mass is 32.2. The van der Waals surface area contributed by atoms with Gasteiger partial charge in [-0.1, -0.05) is 35.9 Å². The van der Waals surface area contributed by atoms with E-state index < -0.39 is 21.9 Å².